The van der Waals surface area contributed by atoms with Gasteiger partial charge in [-0.2, -0.15) is 0 Å². The number of carbonyl (C=O) groups excluding carboxylic acids is 1. The Morgan fingerprint density at radius 2 is 2.15 bits per heavy atom. The Hall–Kier alpha value is -2.04. The third-order valence-electron chi connectivity index (χ3n) is 3.86. The third-order valence-corrected chi connectivity index (χ3v) is 3.86. The van der Waals surface area contributed by atoms with Crippen LogP contribution in [0.3, 0.4) is 0 Å². The first-order valence-electron chi connectivity index (χ1n) is 6.90. The molecule has 5 nitrogen and oxygen atoms in total. The highest BCUT2D eigenvalue weighted by atomic mass is 16.4. The van der Waals surface area contributed by atoms with Crippen LogP contribution in [0, 0.1) is 5.92 Å². The average molecular weight is 276 g/mol. The predicted octanol–water partition coefficient (Wildman–Crippen LogP) is 1.64. The largest absolute Gasteiger partial charge is 0.480 e. The zero-order chi connectivity index (χ0) is 14.7. The third kappa shape index (κ3) is 2.92. The summed E-state index contributed by atoms with van der Waals surface area (Å²) in [7, 11) is 0. The Bertz CT molecular complexity index is 491. The molecule has 1 aromatic rings. The number of benzene rings is 1. The van der Waals surface area contributed by atoms with E-state index in [0.29, 0.717) is 12.8 Å². The Kier molecular flexibility index (Phi) is 4.27. The molecule has 0 aromatic heterocycles. The number of fused-ring (bicyclic) bond motifs is 1. The van der Waals surface area contributed by atoms with Crippen LogP contribution >= 0.6 is 0 Å². The van der Waals surface area contributed by atoms with Crippen molar-refractivity contribution in [2.75, 3.05) is 5.32 Å². The molecule has 3 atom stereocenters. The number of hydrogen-bond acceptors (Lipinski definition) is 3. The van der Waals surface area contributed by atoms with E-state index in [2.05, 4.69) is 10.6 Å². The van der Waals surface area contributed by atoms with Crippen LogP contribution in [0.4, 0.5) is 5.69 Å². The number of anilines is 1. The molecule has 0 saturated heterocycles. The summed E-state index contributed by atoms with van der Waals surface area (Å²) in [6.45, 7) is 3.74. The summed E-state index contributed by atoms with van der Waals surface area (Å²) >= 11 is 0. The van der Waals surface area contributed by atoms with Gasteiger partial charge in [0.05, 0.1) is 0 Å². The fraction of sp³-hybridized carbons (Fsp3) is 0.467. The maximum Gasteiger partial charge on any atom is 0.326 e. The summed E-state index contributed by atoms with van der Waals surface area (Å²) in [5, 5.41) is 15.0. The lowest BCUT2D eigenvalue weighted by molar-refractivity contribution is -0.143. The summed E-state index contributed by atoms with van der Waals surface area (Å²) < 4.78 is 0. The summed E-state index contributed by atoms with van der Waals surface area (Å²) in [6, 6.07) is 6.51. The van der Waals surface area contributed by atoms with Crippen molar-refractivity contribution in [3.05, 3.63) is 29.8 Å². The fourth-order valence-electron chi connectivity index (χ4n) is 2.39. The molecular weight excluding hydrogens is 256 g/mol. The van der Waals surface area contributed by atoms with E-state index in [0.717, 1.165) is 11.3 Å². The molecule has 0 bridgehead atoms. The molecule has 0 fully saturated rings. The van der Waals surface area contributed by atoms with Gasteiger partial charge in [-0.1, -0.05) is 38.5 Å². The van der Waals surface area contributed by atoms with Gasteiger partial charge in [0.2, 0.25) is 5.91 Å². The summed E-state index contributed by atoms with van der Waals surface area (Å²) in [5.41, 5.74) is 2.03. The second-order valence-corrected chi connectivity index (χ2v) is 5.27. The fourth-order valence-corrected chi connectivity index (χ4v) is 2.39. The van der Waals surface area contributed by atoms with E-state index in [9.17, 15) is 14.7 Å². The molecule has 1 unspecified atom stereocenters. The molecular formula is C15H20N2O3. The van der Waals surface area contributed by atoms with Gasteiger partial charge in [0.15, 0.2) is 0 Å². The summed E-state index contributed by atoms with van der Waals surface area (Å²) in [6.07, 6.45) is 1.30. The molecule has 3 N–H and O–H groups in total. The van der Waals surface area contributed by atoms with E-state index in [1.54, 1.807) is 0 Å². The molecule has 0 radical (unpaired) electrons. The zero-order valence-corrected chi connectivity index (χ0v) is 11.7. The monoisotopic (exact) mass is 276 g/mol. The lowest BCUT2D eigenvalue weighted by Crippen LogP contribution is -2.50. The van der Waals surface area contributed by atoms with E-state index in [1.807, 2.05) is 38.1 Å². The Morgan fingerprint density at radius 3 is 2.75 bits per heavy atom. The minimum absolute atomic E-state index is 0.0970. The minimum Gasteiger partial charge on any atom is -0.480 e. The van der Waals surface area contributed by atoms with E-state index < -0.39 is 18.1 Å². The number of hydrogen-bond donors (Lipinski definition) is 3. The normalized spacial score (nSPS) is 19.6. The molecule has 1 aromatic carbocycles. The van der Waals surface area contributed by atoms with Crippen molar-refractivity contribution in [1.29, 1.82) is 0 Å². The number of nitrogens with one attached hydrogen (secondary N) is 2. The maximum atomic E-state index is 12.2. The number of carboxylic acids is 1. The molecule has 0 saturated carbocycles. The molecule has 20 heavy (non-hydrogen) atoms. The molecule has 108 valence electrons. The first-order valence-corrected chi connectivity index (χ1v) is 6.90. The predicted molar refractivity (Wildman–Crippen MR) is 76.6 cm³/mol. The van der Waals surface area contributed by atoms with Gasteiger partial charge in [-0.3, -0.25) is 4.79 Å². The number of carbonyl (C=O) groups is 2. The highest BCUT2D eigenvalue weighted by molar-refractivity contribution is 5.90. The Balaban J connectivity index is 2.01. The SMILES string of the molecule is CC[C@H](C)[C@H](NC(=O)C1Cc2ccccc2N1)C(=O)O. The molecule has 5 heteroatoms. The van der Waals surface area contributed by atoms with Crippen LogP contribution in [-0.2, 0) is 16.0 Å². The van der Waals surface area contributed by atoms with Crippen LogP contribution in [0.15, 0.2) is 24.3 Å². The van der Waals surface area contributed by atoms with Crippen LogP contribution < -0.4 is 10.6 Å². The molecule has 1 aliphatic rings. The smallest absolute Gasteiger partial charge is 0.326 e. The van der Waals surface area contributed by atoms with Crippen molar-refractivity contribution in [2.24, 2.45) is 5.92 Å². The topological polar surface area (TPSA) is 78.4 Å². The van der Waals surface area contributed by atoms with E-state index in [-0.39, 0.29) is 11.8 Å². The van der Waals surface area contributed by atoms with Crippen molar-refractivity contribution in [3.8, 4) is 0 Å². The van der Waals surface area contributed by atoms with Gasteiger partial charge in [0, 0.05) is 12.1 Å². The van der Waals surface area contributed by atoms with E-state index in [1.165, 1.54) is 0 Å². The van der Waals surface area contributed by atoms with Crippen LogP contribution in [0.5, 0.6) is 0 Å². The van der Waals surface area contributed by atoms with E-state index in [4.69, 9.17) is 0 Å². The van der Waals surface area contributed by atoms with Gasteiger partial charge >= 0.3 is 5.97 Å². The molecule has 0 spiro atoms. The van der Waals surface area contributed by atoms with Gasteiger partial charge in [-0.25, -0.2) is 4.79 Å². The van der Waals surface area contributed by atoms with Crippen LogP contribution in [0.25, 0.3) is 0 Å². The second kappa shape index (κ2) is 5.94. The lowest BCUT2D eigenvalue weighted by atomic mass is 9.98. The number of carboxylic acid groups (broad SMARTS) is 1. The molecule has 2 rings (SSSR count). The van der Waals surface area contributed by atoms with Gasteiger partial charge in [-0.05, 0) is 17.5 Å². The van der Waals surface area contributed by atoms with Crippen LogP contribution in [0.1, 0.15) is 25.8 Å². The van der Waals surface area contributed by atoms with Gasteiger partial charge in [0.25, 0.3) is 0 Å². The zero-order valence-electron chi connectivity index (χ0n) is 11.7. The van der Waals surface area contributed by atoms with Gasteiger partial charge in [0.1, 0.15) is 12.1 Å². The quantitative estimate of drug-likeness (QED) is 0.764. The van der Waals surface area contributed by atoms with Crippen molar-refractivity contribution < 1.29 is 14.7 Å². The number of para-hydroxylation sites is 1. The molecule has 0 aliphatic carbocycles. The standard InChI is InChI=1S/C15H20N2O3/c1-3-9(2)13(15(19)20)17-14(18)12-8-10-6-4-5-7-11(10)16-12/h4-7,9,12-13,16H,3,8H2,1-2H3,(H,17,18)(H,19,20)/t9-,12?,13-/m0/s1. The maximum absolute atomic E-state index is 12.2. The van der Waals surface area contributed by atoms with Crippen LogP contribution in [-0.4, -0.2) is 29.1 Å². The summed E-state index contributed by atoms with van der Waals surface area (Å²) in [5.74, 6) is -1.34. The highest BCUT2D eigenvalue weighted by Crippen LogP contribution is 2.25. The first-order chi connectivity index (χ1) is 9.52. The van der Waals surface area contributed by atoms with Crippen molar-refractivity contribution in [1.82, 2.24) is 5.32 Å². The highest BCUT2D eigenvalue weighted by Gasteiger charge is 2.31. The Morgan fingerprint density at radius 1 is 1.45 bits per heavy atom. The number of aliphatic carboxylic acids is 1. The number of rotatable bonds is 5. The Labute approximate surface area is 118 Å². The number of amides is 1. The molecule has 1 aliphatic heterocycles. The van der Waals surface area contributed by atoms with Gasteiger partial charge < -0.3 is 15.7 Å². The van der Waals surface area contributed by atoms with Crippen molar-refractivity contribution in [2.45, 2.75) is 38.8 Å². The van der Waals surface area contributed by atoms with E-state index >= 15 is 0 Å². The summed E-state index contributed by atoms with van der Waals surface area (Å²) in [4.78, 5) is 23.4. The lowest BCUT2D eigenvalue weighted by Gasteiger charge is -2.22. The van der Waals surface area contributed by atoms with Gasteiger partial charge in [-0.15, -0.1) is 0 Å². The van der Waals surface area contributed by atoms with Crippen LogP contribution in [0.2, 0.25) is 0 Å². The average Bonchev–Trinajstić information content (AvgIpc) is 2.87. The minimum atomic E-state index is -0.983. The van der Waals surface area contributed by atoms with Crippen molar-refractivity contribution in [3.63, 3.8) is 0 Å². The molecule has 1 amide bonds. The molecule has 1 heterocycles. The van der Waals surface area contributed by atoms with Crippen molar-refractivity contribution >= 4 is 17.6 Å². The second-order valence-electron chi connectivity index (χ2n) is 5.27. The first kappa shape index (κ1) is 14.4.